The van der Waals surface area contributed by atoms with Crippen LogP contribution < -0.4 is 15.5 Å². The first-order chi connectivity index (χ1) is 22.0. The average Bonchev–Trinajstić information content (AvgIpc) is 3.37. The van der Waals surface area contributed by atoms with Gasteiger partial charge in [-0.15, -0.1) is 0 Å². The van der Waals surface area contributed by atoms with Crippen LogP contribution in [0.3, 0.4) is 0 Å². The van der Waals surface area contributed by atoms with Gasteiger partial charge in [0.15, 0.2) is 5.78 Å². The summed E-state index contributed by atoms with van der Waals surface area (Å²) >= 11 is 0. The topological polar surface area (TPSA) is 108 Å². The van der Waals surface area contributed by atoms with Crippen LogP contribution in [-0.4, -0.2) is 55.7 Å². The normalized spacial score (nSPS) is 14.0. The van der Waals surface area contributed by atoms with Gasteiger partial charge in [0.25, 0.3) is 0 Å². The SMILES string of the molecule is O=C(NCCC(=O)N1Cc2ccccc2C#Cc2ccccc21)OCC1c2ccccc2-c2ccc(C(=O)CNCCO)cc21. The molecular formula is C37H33N3O5. The molecule has 4 aromatic rings. The number of aliphatic hydroxyl groups excluding tert-OH is 1. The molecule has 8 heteroatoms. The molecule has 4 aromatic carbocycles. The summed E-state index contributed by atoms with van der Waals surface area (Å²) in [6.45, 7) is 0.997. The van der Waals surface area contributed by atoms with Crippen molar-refractivity contribution in [3.63, 3.8) is 0 Å². The Morgan fingerprint density at radius 3 is 2.44 bits per heavy atom. The van der Waals surface area contributed by atoms with E-state index in [2.05, 4.69) is 22.5 Å². The largest absolute Gasteiger partial charge is 0.449 e. The van der Waals surface area contributed by atoms with Crippen molar-refractivity contribution >= 4 is 23.5 Å². The first-order valence-corrected chi connectivity index (χ1v) is 15.0. The van der Waals surface area contributed by atoms with Gasteiger partial charge in [0.05, 0.1) is 25.4 Å². The number of alkyl carbamates (subject to hydrolysis) is 1. The molecule has 3 N–H and O–H groups in total. The second-order valence-electron chi connectivity index (χ2n) is 10.9. The van der Waals surface area contributed by atoms with E-state index >= 15 is 0 Å². The zero-order chi connectivity index (χ0) is 31.2. The molecule has 1 heterocycles. The lowest BCUT2D eigenvalue weighted by molar-refractivity contribution is -0.118. The number of para-hydroxylation sites is 1. The molecule has 1 unspecified atom stereocenters. The number of fused-ring (bicyclic) bond motifs is 5. The number of carbonyl (C=O) groups is 3. The number of hydrogen-bond acceptors (Lipinski definition) is 6. The zero-order valence-electron chi connectivity index (χ0n) is 24.7. The van der Waals surface area contributed by atoms with Crippen LogP contribution in [0.25, 0.3) is 11.1 Å². The molecule has 45 heavy (non-hydrogen) atoms. The van der Waals surface area contributed by atoms with Crippen molar-refractivity contribution in [1.82, 2.24) is 10.6 Å². The molecule has 1 aliphatic carbocycles. The van der Waals surface area contributed by atoms with Crippen molar-refractivity contribution < 1.29 is 24.2 Å². The number of ether oxygens (including phenoxy) is 1. The molecule has 6 rings (SSSR count). The minimum absolute atomic E-state index is 0.0433. The molecule has 0 fully saturated rings. The molecule has 0 saturated carbocycles. The molecule has 1 aliphatic heterocycles. The van der Waals surface area contributed by atoms with Crippen LogP contribution in [0.5, 0.6) is 0 Å². The van der Waals surface area contributed by atoms with E-state index in [0.717, 1.165) is 44.6 Å². The molecule has 0 aromatic heterocycles. The van der Waals surface area contributed by atoms with Crippen LogP contribution >= 0.6 is 0 Å². The van der Waals surface area contributed by atoms with Crippen LogP contribution in [0, 0.1) is 11.8 Å². The number of hydrogen-bond donors (Lipinski definition) is 3. The van der Waals surface area contributed by atoms with E-state index < -0.39 is 6.09 Å². The number of Topliss-reactive ketones (excluding diaryl/α,β-unsaturated/α-hetero) is 1. The molecule has 0 bridgehead atoms. The Morgan fingerprint density at radius 2 is 1.58 bits per heavy atom. The van der Waals surface area contributed by atoms with Gasteiger partial charge in [0.1, 0.15) is 6.61 Å². The molecule has 226 valence electrons. The number of aliphatic hydroxyl groups is 1. The molecule has 2 amide bonds. The Kier molecular flexibility index (Phi) is 9.01. The summed E-state index contributed by atoms with van der Waals surface area (Å²) in [7, 11) is 0. The Hall–Kier alpha value is -5.23. The summed E-state index contributed by atoms with van der Waals surface area (Å²) in [6, 6.07) is 28.9. The second kappa shape index (κ2) is 13.6. The summed E-state index contributed by atoms with van der Waals surface area (Å²) in [5.41, 5.74) is 7.92. The third-order valence-corrected chi connectivity index (χ3v) is 8.11. The van der Waals surface area contributed by atoms with E-state index in [9.17, 15) is 14.4 Å². The maximum absolute atomic E-state index is 13.5. The second-order valence-corrected chi connectivity index (χ2v) is 10.9. The first-order valence-electron chi connectivity index (χ1n) is 15.0. The summed E-state index contributed by atoms with van der Waals surface area (Å²) < 4.78 is 5.67. The fourth-order valence-electron chi connectivity index (χ4n) is 5.87. The van der Waals surface area contributed by atoms with Crippen LogP contribution in [0.15, 0.2) is 91.0 Å². The van der Waals surface area contributed by atoms with Crippen molar-refractivity contribution in [2.75, 3.05) is 37.7 Å². The predicted molar refractivity (Wildman–Crippen MR) is 172 cm³/mol. The van der Waals surface area contributed by atoms with Crippen LogP contribution in [-0.2, 0) is 16.1 Å². The van der Waals surface area contributed by atoms with Gasteiger partial charge >= 0.3 is 6.09 Å². The minimum atomic E-state index is -0.613. The van der Waals surface area contributed by atoms with Gasteiger partial charge in [-0.3, -0.25) is 9.59 Å². The number of benzene rings is 4. The number of rotatable bonds is 10. The standard InChI is InChI=1S/C37H33N3O5/c41-20-19-38-22-35(42)27-15-16-31-29-10-4-5-11-30(29)33(32(31)21-27)24-45-37(44)39-18-17-36(43)40-23-28-9-2-1-7-25(28)13-14-26-8-3-6-12-34(26)40/h1-12,15-16,21,33,38,41H,17-20,22-24H2,(H,39,44). The minimum Gasteiger partial charge on any atom is -0.449 e. The number of amides is 2. The first kappa shape index (κ1) is 29.8. The summed E-state index contributed by atoms with van der Waals surface area (Å²) in [5, 5.41) is 14.7. The van der Waals surface area contributed by atoms with E-state index in [1.165, 1.54) is 0 Å². The highest BCUT2D eigenvalue weighted by atomic mass is 16.5. The molecule has 1 atom stereocenters. The maximum Gasteiger partial charge on any atom is 0.407 e. The summed E-state index contributed by atoms with van der Waals surface area (Å²) in [6.07, 6.45) is -0.525. The molecule has 2 aliphatic rings. The zero-order valence-corrected chi connectivity index (χ0v) is 24.7. The van der Waals surface area contributed by atoms with Gasteiger partial charge in [-0.1, -0.05) is 78.6 Å². The highest BCUT2D eigenvalue weighted by Crippen LogP contribution is 2.45. The van der Waals surface area contributed by atoms with Gasteiger partial charge in [-0.2, -0.15) is 0 Å². The highest BCUT2D eigenvalue weighted by molar-refractivity contribution is 5.99. The Labute approximate surface area is 262 Å². The Balaban J connectivity index is 1.09. The van der Waals surface area contributed by atoms with Crippen molar-refractivity contribution in [2.24, 2.45) is 0 Å². The van der Waals surface area contributed by atoms with E-state index in [4.69, 9.17) is 9.84 Å². The predicted octanol–water partition coefficient (Wildman–Crippen LogP) is 4.63. The van der Waals surface area contributed by atoms with Crippen LogP contribution in [0.4, 0.5) is 10.5 Å². The van der Waals surface area contributed by atoms with Crippen molar-refractivity contribution in [3.05, 3.63) is 124 Å². The number of carbonyl (C=O) groups excluding carboxylic acids is 3. The van der Waals surface area contributed by atoms with E-state index in [-0.39, 0.29) is 50.3 Å². The average molecular weight is 600 g/mol. The van der Waals surface area contributed by atoms with Crippen molar-refractivity contribution in [3.8, 4) is 23.0 Å². The molecule has 0 saturated heterocycles. The van der Waals surface area contributed by atoms with Gasteiger partial charge in [0, 0.05) is 42.1 Å². The third-order valence-electron chi connectivity index (χ3n) is 8.11. The van der Waals surface area contributed by atoms with Crippen molar-refractivity contribution in [1.29, 1.82) is 0 Å². The lowest BCUT2D eigenvalue weighted by Gasteiger charge is -2.26. The van der Waals surface area contributed by atoms with E-state index in [0.29, 0.717) is 18.7 Å². The molecule has 0 spiro atoms. The molecule has 0 radical (unpaired) electrons. The van der Waals surface area contributed by atoms with Gasteiger partial charge in [0.2, 0.25) is 5.91 Å². The number of ketones is 1. The molecule has 8 nitrogen and oxygen atoms in total. The number of anilines is 1. The highest BCUT2D eigenvalue weighted by Gasteiger charge is 2.30. The van der Waals surface area contributed by atoms with Crippen LogP contribution in [0.1, 0.15) is 50.5 Å². The fourth-order valence-corrected chi connectivity index (χ4v) is 5.87. The maximum atomic E-state index is 13.5. The quantitative estimate of drug-likeness (QED) is 0.139. The van der Waals surface area contributed by atoms with Gasteiger partial charge < -0.3 is 25.4 Å². The molecular weight excluding hydrogens is 566 g/mol. The van der Waals surface area contributed by atoms with E-state index in [1.807, 2.05) is 84.9 Å². The summed E-state index contributed by atoms with van der Waals surface area (Å²) in [4.78, 5) is 40.7. The monoisotopic (exact) mass is 599 g/mol. The van der Waals surface area contributed by atoms with Crippen molar-refractivity contribution in [2.45, 2.75) is 18.9 Å². The Bertz CT molecular complexity index is 1820. The lowest BCUT2D eigenvalue weighted by Crippen LogP contribution is -2.35. The lowest BCUT2D eigenvalue weighted by atomic mass is 9.95. The fraction of sp³-hybridized carbons (Fsp3) is 0.216. The third kappa shape index (κ3) is 6.50. The smallest absolute Gasteiger partial charge is 0.407 e. The number of nitrogens with one attached hydrogen (secondary N) is 2. The van der Waals surface area contributed by atoms with Gasteiger partial charge in [-0.25, -0.2) is 4.79 Å². The van der Waals surface area contributed by atoms with Gasteiger partial charge in [-0.05, 0) is 52.1 Å². The Morgan fingerprint density at radius 1 is 0.844 bits per heavy atom. The van der Waals surface area contributed by atoms with E-state index in [1.54, 1.807) is 11.0 Å². The summed E-state index contributed by atoms with van der Waals surface area (Å²) in [5.74, 6) is 5.96. The van der Waals surface area contributed by atoms with Crippen LogP contribution in [0.2, 0.25) is 0 Å². The number of nitrogens with zero attached hydrogens (tertiary/aromatic N) is 1.